The van der Waals surface area contributed by atoms with E-state index in [1.807, 2.05) is 4.90 Å². The van der Waals surface area contributed by atoms with Crippen LogP contribution in [0.3, 0.4) is 0 Å². The number of imide groups is 2. The molecule has 0 radical (unpaired) electrons. The van der Waals surface area contributed by atoms with Crippen LogP contribution in [0.25, 0.3) is 0 Å². The predicted octanol–water partition coefficient (Wildman–Crippen LogP) is 4.42. The number of morpholine rings is 1. The first-order valence-corrected chi connectivity index (χ1v) is 13.9. The summed E-state index contributed by atoms with van der Waals surface area (Å²) in [5, 5.41) is 9.73. The van der Waals surface area contributed by atoms with Gasteiger partial charge in [-0.15, -0.1) is 0 Å². The topological polar surface area (TPSA) is 125 Å². The van der Waals surface area contributed by atoms with E-state index in [1.54, 1.807) is 6.92 Å². The van der Waals surface area contributed by atoms with Crippen LogP contribution in [0.2, 0.25) is 0 Å². The summed E-state index contributed by atoms with van der Waals surface area (Å²) in [5.41, 5.74) is -3.30. The molecule has 3 aliphatic rings. The van der Waals surface area contributed by atoms with E-state index >= 15 is 0 Å². The lowest BCUT2D eigenvalue weighted by molar-refractivity contribution is -0.173. The van der Waals surface area contributed by atoms with Crippen LogP contribution >= 0.6 is 0 Å². The van der Waals surface area contributed by atoms with Gasteiger partial charge in [-0.05, 0) is 66.9 Å². The van der Waals surface area contributed by atoms with Gasteiger partial charge in [-0.25, -0.2) is 9.69 Å². The molecule has 0 saturated carbocycles. The average Bonchev–Trinajstić information content (AvgIpc) is 3.38. The fourth-order valence-electron chi connectivity index (χ4n) is 6.19. The maximum absolute atomic E-state index is 15.0. The number of carboxylic acids is 1. The number of hydrogen-bond acceptors (Lipinski definition) is 7. The molecule has 4 amide bonds. The van der Waals surface area contributed by atoms with Crippen molar-refractivity contribution in [1.29, 1.82) is 0 Å². The predicted molar refractivity (Wildman–Crippen MR) is 154 cm³/mol. The van der Waals surface area contributed by atoms with Crippen LogP contribution in [-0.4, -0.2) is 79.1 Å². The Kier molecular flexibility index (Phi) is 6.84. The van der Waals surface area contributed by atoms with Gasteiger partial charge < -0.3 is 14.7 Å². The maximum atomic E-state index is 15.0. The summed E-state index contributed by atoms with van der Waals surface area (Å²) in [6.07, 6.45) is -4.94. The quantitative estimate of drug-likeness (QED) is 0.416. The molecule has 3 aromatic rings. The number of halogens is 3. The third-order valence-electron chi connectivity index (χ3n) is 8.79. The zero-order chi connectivity index (χ0) is 32.6. The van der Waals surface area contributed by atoms with Crippen molar-refractivity contribution in [2.24, 2.45) is 0 Å². The third-order valence-corrected chi connectivity index (χ3v) is 8.79. The Morgan fingerprint density at radius 1 is 0.800 bits per heavy atom. The first-order valence-electron chi connectivity index (χ1n) is 13.9. The minimum absolute atomic E-state index is 0.00607. The summed E-state index contributed by atoms with van der Waals surface area (Å²) in [4.78, 5) is 68.0. The molecule has 1 N–H and O–H groups in total. The molecule has 0 aliphatic carbocycles. The van der Waals surface area contributed by atoms with Crippen molar-refractivity contribution in [1.82, 2.24) is 4.90 Å². The van der Waals surface area contributed by atoms with Crippen LogP contribution in [0.5, 0.6) is 0 Å². The molecule has 1 unspecified atom stereocenters. The second kappa shape index (κ2) is 10.3. The number of benzene rings is 3. The fraction of sp³-hybridized carbons (Fsp3) is 0.281. The number of nitrogens with zero attached hydrogens (tertiary/aromatic N) is 3. The maximum Gasteiger partial charge on any atom is 0.402 e. The Morgan fingerprint density at radius 3 is 1.87 bits per heavy atom. The molecule has 1 saturated heterocycles. The van der Waals surface area contributed by atoms with Crippen molar-refractivity contribution in [3.8, 4) is 0 Å². The third kappa shape index (κ3) is 4.40. The lowest BCUT2D eigenvalue weighted by Gasteiger charge is -2.34. The second-order valence-corrected chi connectivity index (χ2v) is 11.3. The summed E-state index contributed by atoms with van der Waals surface area (Å²) in [6, 6.07) is 9.23. The number of aromatic carboxylic acids is 1. The Bertz CT molecular complexity index is 1850. The second-order valence-electron chi connectivity index (χ2n) is 11.3. The number of rotatable bonds is 5. The largest absolute Gasteiger partial charge is 0.478 e. The van der Waals surface area contributed by atoms with E-state index in [-0.39, 0.29) is 44.6 Å². The SMILES string of the molecule is Cc1cc(C(=O)O)cc(N2C(=O)c3ccc(C(C)(c4ccc5c(c4)C(=O)N(C)C5=O)C(F)(F)F)cc3C2=O)c1N1CCOCC1. The summed E-state index contributed by atoms with van der Waals surface area (Å²) in [5.74, 6) is -4.36. The molecule has 3 aliphatic heterocycles. The number of alkyl halides is 3. The van der Waals surface area contributed by atoms with Crippen molar-refractivity contribution in [3.05, 3.63) is 93.0 Å². The number of carbonyl (C=O) groups excluding carboxylic acids is 4. The highest BCUT2D eigenvalue weighted by Gasteiger charge is 2.55. The van der Waals surface area contributed by atoms with Crippen LogP contribution < -0.4 is 9.80 Å². The molecule has 45 heavy (non-hydrogen) atoms. The van der Waals surface area contributed by atoms with Gasteiger partial charge in [-0.3, -0.25) is 24.1 Å². The Labute approximate surface area is 254 Å². The van der Waals surface area contributed by atoms with E-state index in [4.69, 9.17) is 4.74 Å². The molecule has 6 rings (SSSR count). The van der Waals surface area contributed by atoms with Crippen LogP contribution in [0.4, 0.5) is 24.5 Å². The average molecular weight is 622 g/mol. The van der Waals surface area contributed by atoms with Crippen LogP contribution in [0.15, 0.2) is 48.5 Å². The van der Waals surface area contributed by atoms with Crippen molar-refractivity contribution >= 4 is 41.0 Å². The standard InChI is InChI=1S/C32H26F3N3O7/c1-16-12-17(30(43)44)13-24(25(16)37-8-10-45-11-9-37)38-28(41)21-7-5-19(15-23(21)29(38)42)31(2,32(33,34)35)18-4-6-20-22(14-18)27(40)36(3)26(20)39/h4-7,12-15H,8-11H2,1-3H3,(H,43,44). The first kappa shape index (κ1) is 30.0. The lowest BCUT2D eigenvalue weighted by atomic mass is 9.74. The Morgan fingerprint density at radius 2 is 1.31 bits per heavy atom. The molecule has 0 aromatic heterocycles. The summed E-state index contributed by atoms with van der Waals surface area (Å²) < 4.78 is 50.3. The number of hydrogen-bond donors (Lipinski definition) is 1. The highest BCUT2D eigenvalue weighted by atomic mass is 19.4. The van der Waals surface area contributed by atoms with Gasteiger partial charge in [0.15, 0.2) is 0 Å². The molecule has 3 aromatic carbocycles. The zero-order valence-electron chi connectivity index (χ0n) is 24.3. The van der Waals surface area contributed by atoms with Gasteiger partial charge in [0.2, 0.25) is 0 Å². The molecule has 0 spiro atoms. The number of fused-ring (bicyclic) bond motifs is 2. The molecule has 10 nitrogen and oxygen atoms in total. The number of carboxylic acid groups (broad SMARTS) is 1. The van der Waals surface area contributed by atoms with Crippen molar-refractivity contribution in [2.75, 3.05) is 43.2 Å². The number of carbonyl (C=O) groups is 5. The fourth-order valence-corrected chi connectivity index (χ4v) is 6.19. The molecular weight excluding hydrogens is 595 g/mol. The highest BCUT2D eigenvalue weighted by Crippen LogP contribution is 2.48. The van der Waals surface area contributed by atoms with Gasteiger partial charge in [0.05, 0.1) is 52.4 Å². The Balaban J connectivity index is 1.47. The Hall–Kier alpha value is -5.04. The molecule has 232 valence electrons. The molecule has 1 fully saturated rings. The number of amides is 4. The van der Waals surface area contributed by atoms with E-state index in [1.165, 1.54) is 25.2 Å². The summed E-state index contributed by atoms with van der Waals surface area (Å²) >= 11 is 0. The number of aryl methyl sites for hydroxylation is 1. The van der Waals surface area contributed by atoms with Crippen LogP contribution in [-0.2, 0) is 10.2 Å². The van der Waals surface area contributed by atoms with Gasteiger partial charge in [-0.2, -0.15) is 13.2 Å². The number of ether oxygens (including phenoxy) is 1. The molecule has 13 heteroatoms. The van der Waals surface area contributed by atoms with Gasteiger partial charge in [0.1, 0.15) is 5.41 Å². The van der Waals surface area contributed by atoms with Crippen molar-refractivity contribution in [3.63, 3.8) is 0 Å². The van der Waals surface area contributed by atoms with Crippen LogP contribution in [0.1, 0.15) is 75.4 Å². The summed E-state index contributed by atoms with van der Waals surface area (Å²) in [6.45, 7) is 4.08. The molecule has 1 atom stereocenters. The summed E-state index contributed by atoms with van der Waals surface area (Å²) in [7, 11) is 1.24. The smallest absolute Gasteiger partial charge is 0.402 e. The van der Waals surface area contributed by atoms with E-state index in [2.05, 4.69) is 0 Å². The van der Waals surface area contributed by atoms with E-state index in [9.17, 15) is 42.3 Å². The molecule has 0 bridgehead atoms. The minimum atomic E-state index is -4.94. The van der Waals surface area contributed by atoms with E-state index in [0.717, 1.165) is 47.1 Å². The molecular formula is C32H26F3N3O7. The monoisotopic (exact) mass is 621 g/mol. The van der Waals surface area contributed by atoms with Gasteiger partial charge in [0, 0.05) is 20.1 Å². The van der Waals surface area contributed by atoms with Gasteiger partial charge in [0.25, 0.3) is 23.6 Å². The van der Waals surface area contributed by atoms with E-state index in [0.29, 0.717) is 37.6 Å². The van der Waals surface area contributed by atoms with Crippen molar-refractivity contribution < 1.29 is 47.0 Å². The zero-order valence-corrected chi connectivity index (χ0v) is 24.3. The normalized spacial score (nSPS) is 18.0. The van der Waals surface area contributed by atoms with Gasteiger partial charge >= 0.3 is 12.1 Å². The lowest BCUT2D eigenvalue weighted by Crippen LogP contribution is -2.41. The first-order chi connectivity index (χ1) is 21.2. The highest BCUT2D eigenvalue weighted by molar-refractivity contribution is 6.35. The molecule has 3 heterocycles. The van der Waals surface area contributed by atoms with Crippen LogP contribution in [0, 0.1) is 6.92 Å². The van der Waals surface area contributed by atoms with Crippen molar-refractivity contribution in [2.45, 2.75) is 25.4 Å². The van der Waals surface area contributed by atoms with Gasteiger partial charge in [-0.1, -0.05) is 12.1 Å². The minimum Gasteiger partial charge on any atom is -0.478 e. The van der Waals surface area contributed by atoms with E-state index < -0.39 is 41.2 Å². The number of anilines is 2.